The van der Waals surface area contributed by atoms with Gasteiger partial charge >= 0.3 is 8.80 Å². The highest BCUT2D eigenvalue weighted by Crippen LogP contribution is 2.38. The maximum atomic E-state index is 11.7. The molecule has 0 unspecified atom stereocenters. The minimum absolute atomic E-state index is 0.182. The van der Waals surface area contributed by atoms with Gasteiger partial charge in [0.15, 0.2) is 17.3 Å². The van der Waals surface area contributed by atoms with Crippen molar-refractivity contribution < 1.29 is 32.4 Å². The van der Waals surface area contributed by atoms with Crippen molar-refractivity contribution in [2.75, 3.05) is 6.61 Å². The Hall–Kier alpha value is -3.13. The molecule has 226 valence electrons. The highest BCUT2D eigenvalue weighted by Gasteiger charge is 2.49. The van der Waals surface area contributed by atoms with Gasteiger partial charge < -0.3 is 18.0 Å². The molecule has 7 nitrogen and oxygen atoms in total. The molecule has 41 heavy (non-hydrogen) atoms. The maximum absolute atomic E-state index is 11.7. The molecule has 8 heteroatoms. The fourth-order valence-electron chi connectivity index (χ4n) is 5.41. The minimum atomic E-state index is -3.61. The van der Waals surface area contributed by atoms with E-state index >= 15 is 0 Å². The van der Waals surface area contributed by atoms with Crippen LogP contribution in [0.2, 0.25) is 6.04 Å². The van der Waals surface area contributed by atoms with Gasteiger partial charge in [-0.05, 0) is 103 Å². The summed E-state index contributed by atoms with van der Waals surface area (Å²) < 4.78 is 24.6. The molecule has 1 aliphatic rings. The smallest absolute Gasteiger partial charge is 0.494 e. The molecule has 2 rings (SSSR count). The molecular weight excluding hydrogens is 536 g/mol. The van der Waals surface area contributed by atoms with Crippen molar-refractivity contribution in [2.45, 2.75) is 105 Å². The SMILES string of the molecule is CCCC1CCC(c2ccc(OCCC[Si](OC(C)=CC(C)=O)(OC(C)=CC(C)=O)OC(C)=CC(C)=O)cc2)CC1. The molecule has 0 heterocycles. The molecule has 1 fully saturated rings. The highest BCUT2D eigenvalue weighted by atomic mass is 28.4. The van der Waals surface area contributed by atoms with Crippen molar-refractivity contribution in [3.8, 4) is 5.75 Å². The lowest BCUT2D eigenvalue weighted by atomic mass is 9.77. The van der Waals surface area contributed by atoms with Gasteiger partial charge in [0.05, 0.1) is 29.9 Å². The molecule has 1 aliphatic carbocycles. The van der Waals surface area contributed by atoms with E-state index in [1.54, 1.807) is 20.8 Å². The van der Waals surface area contributed by atoms with Crippen molar-refractivity contribution in [1.29, 1.82) is 0 Å². The molecule has 1 saturated carbocycles. The number of ketones is 3. The first kappa shape index (κ1) is 34.1. The van der Waals surface area contributed by atoms with E-state index in [2.05, 4.69) is 19.1 Å². The summed E-state index contributed by atoms with van der Waals surface area (Å²) in [5.74, 6) is 2.74. The van der Waals surface area contributed by atoms with E-state index < -0.39 is 8.80 Å². The molecule has 0 saturated heterocycles. The van der Waals surface area contributed by atoms with E-state index in [9.17, 15) is 14.4 Å². The lowest BCUT2D eigenvalue weighted by Crippen LogP contribution is -2.45. The summed E-state index contributed by atoms with van der Waals surface area (Å²) >= 11 is 0. The first-order valence-corrected chi connectivity index (χ1v) is 16.7. The van der Waals surface area contributed by atoms with Gasteiger partial charge in [-0.25, -0.2) is 0 Å². The van der Waals surface area contributed by atoms with E-state index in [-0.39, 0.29) is 17.3 Å². The summed E-state index contributed by atoms with van der Waals surface area (Å²) in [7, 11) is -3.61. The second-order valence-corrected chi connectivity index (χ2v) is 13.6. The first-order chi connectivity index (χ1) is 19.4. The Bertz CT molecular complexity index is 1030. The fourth-order valence-corrected chi connectivity index (χ4v) is 8.06. The van der Waals surface area contributed by atoms with Crippen LogP contribution in [-0.2, 0) is 27.7 Å². The Labute approximate surface area is 247 Å². The van der Waals surface area contributed by atoms with Gasteiger partial charge in [0.1, 0.15) is 5.75 Å². The van der Waals surface area contributed by atoms with Crippen LogP contribution in [0.5, 0.6) is 5.75 Å². The Morgan fingerprint density at radius 1 is 0.756 bits per heavy atom. The summed E-state index contributed by atoms with van der Waals surface area (Å²) in [4.78, 5) is 35.1. The van der Waals surface area contributed by atoms with Gasteiger partial charge in [0, 0.05) is 18.2 Å². The molecule has 0 N–H and O–H groups in total. The van der Waals surface area contributed by atoms with E-state index in [1.165, 1.54) is 83.1 Å². The lowest BCUT2D eigenvalue weighted by Gasteiger charge is -2.31. The number of rotatable bonds is 17. The van der Waals surface area contributed by atoms with E-state index in [4.69, 9.17) is 18.0 Å². The van der Waals surface area contributed by atoms with Crippen LogP contribution in [-0.4, -0.2) is 32.8 Å². The Balaban J connectivity index is 2.12. The van der Waals surface area contributed by atoms with Crippen LogP contribution < -0.4 is 4.74 Å². The third kappa shape index (κ3) is 12.9. The van der Waals surface area contributed by atoms with Crippen LogP contribution in [0.25, 0.3) is 0 Å². The number of hydrogen-bond donors (Lipinski definition) is 0. The first-order valence-electron chi connectivity index (χ1n) is 14.8. The molecule has 1 aromatic carbocycles. The lowest BCUT2D eigenvalue weighted by molar-refractivity contribution is -0.113. The summed E-state index contributed by atoms with van der Waals surface area (Å²) in [5.41, 5.74) is 1.38. The van der Waals surface area contributed by atoms with Crippen LogP contribution in [0.3, 0.4) is 0 Å². The summed E-state index contributed by atoms with van der Waals surface area (Å²) in [6.07, 6.45) is 12.3. The van der Waals surface area contributed by atoms with Crippen molar-refractivity contribution >= 4 is 26.2 Å². The molecule has 0 aromatic heterocycles. The van der Waals surface area contributed by atoms with Crippen LogP contribution in [0.4, 0.5) is 0 Å². The van der Waals surface area contributed by atoms with Crippen LogP contribution in [0.15, 0.2) is 59.8 Å². The van der Waals surface area contributed by atoms with Gasteiger partial charge in [-0.2, -0.15) is 0 Å². The van der Waals surface area contributed by atoms with Crippen molar-refractivity contribution in [2.24, 2.45) is 5.92 Å². The van der Waals surface area contributed by atoms with Gasteiger partial charge in [-0.1, -0.05) is 31.9 Å². The molecule has 1 aromatic rings. The van der Waals surface area contributed by atoms with Gasteiger partial charge in [-0.15, -0.1) is 0 Å². The number of allylic oxidation sites excluding steroid dienone is 6. The normalized spacial score (nSPS) is 19.6. The highest BCUT2D eigenvalue weighted by molar-refractivity contribution is 6.61. The van der Waals surface area contributed by atoms with Crippen molar-refractivity contribution in [3.05, 3.63) is 65.3 Å². The zero-order valence-electron chi connectivity index (χ0n) is 25.9. The zero-order valence-corrected chi connectivity index (χ0v) is 26.9. The number of hydrogen-bond acceptors (Lipinski definition) is 7. The Morgan fingerprint density at radius 2 is 1.22 bits per heavy atom. The number of benzene rings is 1. The molecule has 0 atom stereocenters. The Kier molecular flexibility index (Phi) is 14.1. The largest absolute Gasteiger partial charge is 0.698 e. The quantitative estimate of drug-likeness (QED) is 0.0793. The second kappa shape index (κ2) is 17.0. The maximum Gasteiger partial charge on any atom is 0.698 e. The van der Waals surface area contributed by atoms with Gasteiger partial charge in [0.2, 0.25) is 0 Å². The number of carbonyl (C=O) groups excluding carboxylic acids is 3. The average molecular weight is 585 g/mol. The summed E-state index contributed by atoms with van der Waals surface area (Å²) in [6.45, 7) is 11.9. The van der Waals surface area contributed by atoms with Gasteiger partial charge in [-0.3, -0.25) is 14.4 Å². The third-order valence-electron chi connectivity index (χ3n) is 6.96. The molecule has 0 bridgehead atoms. The standard InChI is InChI=1S/C33H48O7Si/c1-8-10-30-11-13-31(14-12-30)32-15-17-33(18-16-32)37-19-9-20-41(38-27(5)21-24(2)34,39-28(6)22-25(3)35)40-29(7)23-26(4)36/h15-18,21-23,30-31H,8-14,19-20H2,1-7H3. The minimum Gasteiger partial charge on any atom is -0.494 e. The number of ether oxygens (including phenoxy) is 1. The molecule has 0 aliphatic heterocycles. The predicted octanol–water partition coefficient (Wildman–Crippen LogP) is 8.00. The van der Waals surface area contributed by atoms with E-state index in [1.807, 2.05) is 12.1 Å². The van der Waals surface area contributed by atoms with E-state index in [0.29, 0.717) is 42.3 Å². The average Bonchev–Trinajstić information content (AvgIpc) is 2.86. The third-order valence-corrected chi connectivity index (χ3v) is 9.83. The van der Waals surface area contributed by atoms with Crippen LogP contribution >= 0.6 is 0 Å². The van der Waals surface area contributed by atoms with Gasteiger partial charge in [0.25, 0.3) is 0 Å². The second-order valence-electron chi connectivity index (χ2n) is 11.1. The fraction of sp³-hybridized carbons (Fsp3) is 0.545. The molecule has 0 amide bonds. The zero-order chi connectivity index (χ0) is 30.4. The van der Waals surface area contributed by atoms with Crippen molar-refractivity contribution in [3.63, 3.8) is 0 Å². The molecule has 0 spiro atoms. The summed E-state index contributed by atoms with van der Waals surface area (Å²) in [5, 5.41) is 0. The Morgan fingerprint density at radius 3 is 1.63 bits per heavy atom. The molecule has 0 radical (unpaired) electrons. The topological polar surface area (TPSA) is 88.1 Å². The van der Waals surface area contributed by atoms with Crippen molar-refractivity contribution in [1.82, 2.24) is 0 Å². The predicted molar refractivity (Wildman–Crippen MR) is 163 cm³/mol. The summed E-state index contributed by atoms with van der Waals surface area (Å²) in [6, 6.07) is 8.73. The number of carbonyl (C=O) groups is 3. The van der Waals surface area contributed by atoms with E-state index in [0.717, 1.165) is 11.7 Å². The molecular formula is C33H48O7Si. The van der Waals surface area contributed by atoms with Crippen LogP contribution in [0.1, 0.15) is 105 Å². The van der Waals surface area contributed by atoms with Crippen LogP contribution in [0, 0.1) is 5.92 Å². The monoisotopic (exact) mass is 584 g/mol.